The molecule has 1 aromatic carbocycles. The summed E-state index contributed by atoms with van der Waals surface area (Å²) in [4.78, 5) is 19.2. The molecule has 0 spiro atoms. The first kappa shape index (κ1) is 22.8. The summed E-state index contributed by atoms with van der Waals surface area (Å²) in [5.74, 6) is 4.48. The predicted molar refractivity (Wildman–Crippen MR) is 107 cm³/mol. The first-order valence-corrected chi connectivity index (χ1v) is 9.34. The number of primary amides is 1. The first-order chi connectivity index (χ1) is 15.9. The van der Waals surface area contributed by atoms with Crippen molar-refractivity contribution in [2.75, 3.05) is 0 Å². The van der Waals surface area contributed by atoms with Crippen LogP contribution in [0.2, 0.25) is 0 Å². The zero-order chi connectivity index (χ0) is 24.7. The fourth-order valence-electron chi connectivity index (χ4n) is 2.99. The molecule has 0 saturated heterocycles. The smallest absolute Gasteiger partial charge is 0.366 e. The lowest BCUT2D eigenvalue weighted by Gasteiger charge is -2.11. The zero-order valence-electron chi connectivity index (χ0n) is 16.7. The third-order valence-electron chi connectivity index (χ3n) is 4.58. The molecule has 0 aliphatic rings. The summed E-state index contributed by atoms with van der Waals surface area (Å²) in [6.45, 7) is 0. The number of fused-ring (bicyclic) bond motifs is 1. The van der Waals surface area contributed by atoms with Crippen LogP contribution in [0.15, 0.2) is 54.9 Å². The van der Waals surface area contributed by atoms with Crippen LogP contribution in [0, 0.1) is 11.8 Å². The molecular weight excluding hydrogens is 464 g/mol. The monoisotopic (exact) mass is 475 g/mol. The van der Waals surface area contributed by atoms with Gasteiger partial charge in [-0.15, -0.1) is 0 Å². The second-order valence-corrected chi connectivity index (χ2v) is 6.98. The van der Waals surface area contributed by atoms with Crippen molar-refractivity contribution in [3.63, 3.8) is 0 Å². The second kappa shape index (κ2) is 8.18. The van der Waals surface area contributed by atoms with Crippen LogP contribution in [-0.2, 0) is 12.4 Å². The molecule has 0 unspecified atom stereocenters. The van der Waals surface area contributed by atoms with Crippen molar-refractivity contribution >= 4 is 11.6 Å². The molecule has 4 aromatic rings. The topological polar surface area (TPSA) is 86.2 Å². The fraction of sp³-hybridized carbons (Fsp3) is 0.0909. The average Bonchev–Trinajstić information content (AvgIpc) is 3.19. The van der Waals surface area contributed by atoms with Crippen molar-refractivity contribution in [2.45, 2.75) is 12.4 Å². The maximum atomic E-state index is 13.7. The van der Waals surface area contributed by atoms with Gasteiger partial charge in [0.1, 0.15) is 5.69 Å². The number of nitrogens with zero attached hydrogens (tertiary/aromatic N) is 4. The van der Waals surface area contributed by atoms with E-state index in [4.69, 9.17) is 5.73 Å². The number of carbonyl (C=O) groups is 1. The molecule has 0 saturated carbocycles. The van der Waals surface area contributed by atoms with E-state index in [1.54, 1.807) is 0 Å². The Labute approximate surface area is 187 Å². The van der Waals surface area contributed by atoms with Gasteiger partial charge in [-0.2, -0.15) is 31.4 Å². The third-order valence-corrected chi connectivity index (χ3v) is 4.58. The Kier molecular flexibility index (Phi) is 5.48. The molecule has 3 aromatic heterocycles. The van der Waals surface area contributed by atoms with E-state index >= 15 is 0 Å². The SMILES string of the molecule is NC(=O)c1cncc(C#Cc2cc3nc(-c4ccc(C(F)(F)F)cc4)cc(C(F)(F)F)n3n2)c1. The summed E-state index contributed by atoms with van der Waals surface area (Å²) in [5, 5.41) is 3.83. The highest BCUT2D eigenvalue weighted by atomic mass is 19.4. The number of carbonyl (C=O) groups excluding carboxylic acids is 1. The van der Waals surface area contributed by atoms with Gasteiger partial charge in [0, 0.05) is 29.6 Å². The van der Waals surface area contributed by atoms with Gasteiger partial charge in [0.05, 0.1) is 16.8 Å². The van der Waals surface area contributed by atoms with Crippen LogP contribution < -0.4 is 5.73 Å². The highest BCUT2D eigenvalue weighted by Gasteiger charge is 2.35. The summed E-state index contributed by atoms with van der Waals surface area (Å²) in [6.07, 6.45) is -6.85. The summed E-state index contributed by atoms with van der Waals surface area (Å²) in [5.41, 5.74) is 3.03. The lowest BCUT2D eigenvalue weighted by molar-refractivity contribution is -0.142. The maximum Gasteiger partial charge on any atom is 0.433 e. The van der Waals surface area contributed by atoms with E-state index in [1.807, 2.05) is 0 Å². The number of amides is 1. The molecular formula is C22H11F6N5O. The zero-order valence-corrected chi connectivity index (χ0v) is 16.7. The quantitative estimate of drug-likeness (QED) is 0.346. The Morgan fingerprint density at radius 2 is 1.62 bits per heavy atom. The van der Waals surface area contributed by atoms with Crippen molar-refractivity contribution < 1.29 is 31.1 Å². The number of pyridine rings is 1. The minimum Gasteiger partial charge on any atom is -0.366 e. The van der Waals surface area contributed by atoms with E-state index in [2.05, 4.69) is 26.9 Å². The van der Waals surface area contributed by atoms with E-state index < -0.39 is 29.5 Å². The molecule has 12 heteroatoms. The van der Waals surface area contributed by atoms with Gasteiger partial charge in [0.2, 0.25) is 5.91 Å². The molecule has 4 rings (SSSR count). The molecule has 0 fully saturated rings. The van der Waals surface area contributed by atoms with Crippen LogP contribution in [0.3, 0.4) is 0 Å². The van der Waals surface area contributed by atoms with Crippen molar-refractivity contribution in [1.82, 2.24) is 19.6 Å². The van der Waals surface area contributed by atoms with E-state index in [-0.39, 0.29) is 33.7 Å². The molecule has 2 N–H and O–H groups in total. The fourth-order valence-corrected chi connectivity index (χ4v) is 2.99. The van der Waals surface area contributed by atoms with Gasteiger partial charge in [-0.05, 0) is 30.2 Å². The number of benzene rings is 1. The van der Waals surface area contributed by atoms with Gasteiger partial charge in [0.15, 0.2) is 11.3 Å². The molecule has 6 nitrogen and oxygen atoms in total. The third kappa shape index (κ3) is 4.68. The molecule has 34 heavy (non-hydrogen) atoms. The van der Waals surface area contributed by atoms with Gasteiger partial charge in [-0.25, -0.2) is 9.50 Å². The largest absolute Gasteiger partial charge is 0.433 e. The Morgan fingerprint density at radius 1 is 0.912 bits per heavy atom. The number of aromatic nitrogens is 4. The Hall–Kier alpha value is -4.40. The standard InChI is InChI=1S/C22H11F6N5O/c23-21(24,25)15-4-2-13(3-5-15)17-9-18(22(26,27)28)33-19(31-17)8-16(32-33)6-1-12-7-14(20(29)34)11-30-10-12/h2-5,7-11H,(H2,29,34). The van der Waals surface area contributed by atoms with E-state index in [0.717, 1.165) is 24.3 Å². The van der Waals surface area contributed by atoms with Crippen LogP contribution >= 0.6 is 0 Å². The summed E-state index contributed by atoms with van der Waals surface area (Å²) in [6, 6.07) is 6.85. The number of hydrogen-bond donors (Lipinski definition) is 1. The Morgan fingerprint density at radius 3 is 2.24 bits per heavy atom. The van der Waals surface area contributed by atoms with Gasteiger partial charge in [0.25, 0.3) is 0 Å². The first-order valence-electron chi connectivity index (χ1n) is 9.34. The van der Waals surface area contributed by atoms with Crippen LogP contribution in [-0.4, -0.2) is 25.5 Å². The summed E-state index contributed by atoms with van der Waals surface area (Å²) in [7, 11) is 0. The Bertz CT molecular complexity index is 1460. The molecule has 0 bridgehead atoms. The molecule has 0 aliphatic carbocycles. The number of nitrogens with two attached hydrogens (primary N) is 1. The van der Waals surface area contributed by atoms with Crippen LogP contribution in [0.1, 0.15) is 32.9 Å². The highest BCUT2D eigenvalue weighted by Crippen LogP contribution is 2.34. The van der Waals surface area contributed by atoms with E-state index in [9.17, 15) is 31.1 Å². The number of alkyl halides is 6. The number of rotatable bonds is 2. The minimum atomic E-state index is -4.84. The van der Waals surface area contributed by atoms with Gasteiger partial charge >= 0.3 is 12.4 Å². The van der Waals surface area contributed by atoms with Gasteiger partial charge < -0.3 is 5.73 Å². The average molecular weight is 475 g/mol. The molecule has 172 valence electrons. The maximum absolute atomic E-state index is 13.7. The number of hydrogen-bond acceptors (Lipinski definition) is 4. The molecule has 0 radical (unpaired) electrons. The predicted octanol–water partition coefficient (Wildman–Crippen LogP) is 4.33. The lowest BCUT2D eigenvalue weighted by atomic mass is 10.1. The second-order valence-electron chi connectivity index (χ2n) is 6.98. The summed E-state index contributed by atoms with van der Waals surface area (Å²) < 4.78 is 80.0. The molecule has 1 amide bonds. The minimum absolute atomic E-state index is 0.0594. The van der Waals surface area contributed by atoms with Gasteiger partial charge in [-0.1, -0.05) is 18.1 Å². The van der Waals surface area contributed by atoms with Crippen molar-refractivity contribution in [1.29, 1.82) is 0 Å². The lowest BCUT2D eigenvalue weighted by Crippen LogP contribution is -2.13. The van der Waals surface area contributed by atoms with E-state index in [0.29, 0.717) is 10.6 Å². The van der Waals surface area contributed by atoms with Crippen LogP contribution in [0.5, 0.6) is 0 Å². The molecule has 3 heterocycles. The Balaban J connectivity index is 1.78. The van der Waals surface area contributed by atoms with Crippen molar-refractivity contribution in [3.05, 3.63) is 82.9 Å². The number of halogens is 6. The highest BCUT2D eigenvalue weighted by molar-refractivity contribution is 5.92. The van der Waals surface area contributed by atoms with Crippen molar-refractivity contribution in [3.8, 4) is 23.1 Å². The molecule has 0 atom stereocenters. The van der Waals surface area contributed by atoms with E-state index in [1.165, 1.54) is 24.5 Å². The summed E-state index contributed by atoms with van der Waals surface area (Å²) >= 11 is 0. The van der Waals surface area contributed by atoms with Crippen molar-refractivity contribution in [2.24, 2.45) is 5.73 Å². The normalized spacial score (nSPS) is 11.8. The van der Waals surface area contributed by atoms with Crippen LogP contribution in [0.25, 0.3) is 16.9 Å². The van der Waals surface area contributed by atoms with Crippen LogP contribution in [0.4, 0.5) is 26.3 Å². The molecule has 0 aliphatic heterocycles. The van der Waals surface area contributed by atoms with Gasteiger partial charge in [-0.3, -0.25) is 9.78 Å².